The van der Waals surface area contributed by atoms with Gasteiger partial charge in [-0.15, -0.1) is 5.10 Å². The highest BCUT2D eigenvalue weighted by Gasteiger charge is 2.20. The van der Waals surface area contributed by atoms with E-state index in [9.17, 15) is 4.79 Å². The van der Waals surface area contributed by atoms with E-state index in [0.717, 1.165) is 11.3 Å². The maximum atomic E-state index is 12.9. The van der Waals surface area contributed by atoms with Gasteiger partial charge in [0, 0.05) is 11.6 Å². The Hall–Kier alpha value is -4.13. The van der Waals surface area contributed by atoms with Gasteiger partial charge in [-0.1, -0.05) is 48.5 Å². The van der Waals surface area contributed by atoms with E-state index in [4.69, 9.17) is 9.47 Å². The summed E-state index contributed by atoms with van der Waals surface area (Å²) in [5.74, 6) is 1.30. The molecule has 0 saturated carbocycles. The van der Waals surface area contributed by atoms with Crippen molar-refractivity contribution in [2.24, 2.45) is 0 Å². The Bertz CT molecular complexity index is 1100. The number of nitrogens with one attached hydrogen (secondary N) is 1. The van der Waals surface area contributed by atoms with Crippen molar-refractivity contribution in [3.8, 4) is 28.6 Å². The molecule has 150 valence electrons. The molecule has 0 aliphatic heterocycles. The van der Waals surface area contributed by atoms with Crippen LogP contribution in [0.4, 0.5) is 5.69 Å². The largest absolute Gasteiger partial charge is 0.497 e. The van der Waals surface area contributed by atoms with E-state index in [-0.39, 0.29) is 5.82 Å². The van der Waals surface area contributed by atoms with Crippen molar-refractivity contribution >= 4 is 11.6 Å². The Labute approximate surface area is 173 Å². The van der Waals surface area contributed by atoms with Gasteiger partial charge in [-0.05, 0) is 24.3 Å². The Morgan fingerprint density at radius 3 is 2.27 bits per heavy atom. The number of ether oxygens (including phenoxy) is 2. The minimum atomic E-state index is -0.440. The first-order valence-corrected chi connectivity index (χ1v) is 9.31. The van der Waals surface area contributed by atoms with E-state index in [1.165, 1.54) is 7.11 Å². The summed E-state index contributed by atoms with van der Waals surface area (Å²) in [7, 11) is 3.10. The summed E-state index contributed by atoms with van der Waals surface area (Å²) in [4.78, 5) is 17.4. The molecule has 0 aliphatic rings. The third-order valence-corrected chi connectivity index (χ3v) is 4.50. The number of carbonyl (C=O) groups excluding carboxylic acids is 1. The molecule has 0 atom stereocenters. The molecular weight excluding hydrogens is 380 g/mol. The SMILES string of the molecule is COc1ccc(NC(=O)c2nc(-c3ccccc3)n(-c3ccccc3)n2)c(OC)c1. The first kappa shape index (κ1) is 19.2. The van der Waals surface area contributed by atoms with Gasteiger partial charge in [-0.3, -0.25) is 4.79 Å². The number of carbonyl (C=O) groups is 1. The monoisotopic (exact) mass is 400 g/mol. The van der Waals surface area contributed by atoms with Crippen LogP contribution in [0.25, 0.3) is 17.1 Å². The van der Waals surface area contributed by atoms with Gasteiger partial charge < -0.3 is 14.8 Å². The second kappa shape index (κ2) is 8.48. The Balaban J connectivity index is 1.71. The molecule has 7 nitrogen and oxygen atoms in total. The number of benzene rings is 3. The second-order valence-corrected chi connectivity index (χ2v) is 6.39. The summed E-state index contributed by atoms with van der Waals surface area (Å²) >= 11 is 0. The predicted molar refractivity (Wildman–Crippen MR) is 114 cm³/mol. The zero-order chi connectivity index (χ0) is 20.9. The number of nitrogens with zero attached hydrogens (tertiary/aromatic N) is 3. The van der Waals surface area contributed by atoms with Crippen molar-refractivity contribution in [1.82, 2.24) is 14.8 Å². The molecule has 7 heteroatoms. The van der Waals surface area contributed by atoms with Crippen LogP contribution < -0.4 is 14.8 Å². The summed E-state index contributed by atoms with van der Waals surface area (Å²) in [6, 6.07) is 24.3. The van der Waals surface area contributed by atoms with Crippen LogP contribution in [0.5, 0.6) is 11.5 Å². The summed E-state index contributed by atoms with van der Waals surface area (Å²) in [6.45, 7) is 0. The van der Waals surface area contributed by atoms with Crippen LogP contribution in [0, 0.1) is 0 Å². The molecule has 0 saturated heterocycles. The molecule has 1 amide bonds. The number of aromatic nitrogens is 3. The highest BCUT2D eigenvalue weighted by atomic mass is 16.5. The van der Waals surface area contributed by atoms with Gasteiger partial charge in [0.25, 0.3) is 5.91 Å². The summed E-state index contributed by atoms with van der Waals surface area (Å²) < 4.78 is 12.2. The quantitative estimate of drug-likeness (QED) is 0.525. The lowest BCUT2D eigenvalue weighted by Gasteiger charge is -2.10. The van der Waals surface area contributed by atoms with Crippen molar-refractivity contribution in [3.05, 3.63) is 84.7 Å². The standard InChI is InChI=1S/C23H20N4O3/c1-29-18-13-14-19(20(15-18)30-2)24-23(28)21-25-22(16-9-5-3-6-10-16)27(26-21)17-11-7-4-8-12-17/h3-15H,1-2H3,(H,24,28). The molecule has 4 rings (SSSR count). The molecular formula is C23H20N4O3. The van der Waals surface area contributed by atoms with Crippen LogP contribution in [-0.2, 0) is 0 Å². The number of rotatable bonds is 6. The molecule has 0 aliphatic carbocycles. The molecule has 0 spiro atoms. The Kier molecular flexibility index (Phi) is 5.43. The third-order valence-electron chi connectivity index (χ3n) is 4.50. The van der Waals surface area contributed by atoms with Gasteiger partial charge in [0.2, 0.25) is 5.82 Å². The zero-order valence-electron chi connectivity index (χ0n) is 16.6. The Morgan fingerprint density at radius 2 is 1.60 bits per heavy atom. The van der Waals surface area contributed by atoms with Crippen LogP contribution >= 0.6 is 0 Å². The van der Waals surface area contributed by atoms with Crippen LogP contribution in [-0.4, -0.2) is 34.9 Å². The fourth-order valence-electron chi connectivity index (χ4n) is 3.01. The third kappa shape index (κ3) is 3.86. The van der Waals surface area contributed by atoms with E-state index in [2.05, 4.69) is 15.4 Å². The van der Waals surface area contributed by atoms with E-state index in [1.807, 2.05) is 60.7 Å². The molecule has 1 aromatic heterocycles. The van der Waals surface area contributed by atoms with Crippen molar-refractivity contribution in [2.45, 2.75) is 0 Å². The number of amides is 1. The summed E-state index contributed by atoms with van der Waals surface area (Å²) in [5, 5.41) is 7.28. The van der Waals surface area contributed by atoms with Crippen LogP contribution in [0.3, 0.4) is 0 Å². The number of methoxy groups -OCH3 is 2. The van der Waals surface area contributed by atoms with Crippen molar-refractivity contribution in [3.63, 3.8) is 0 Å². The molecule has 1 heterocycles. The smallest absolute Gasteiger partial charge is 0.295 e. The fraction of sp³-hybridized carbons (Fsp3) is 0.0870. The first-order valence-electron chi connectivity index (χ1n) is 9.31. The molecule has 1 N–H and O–H groups in total. The highest BCUT2D eigenvalue weighted by Crippen LogP contribution is 2.29. The lowest BCUT2D eigenvalue weighted by Crippen LogP contribution is -2.15. The summed E-state index contributed by atoms with van der Waals surface area (Å²) in [5.41, 5.74) is 2.17. The predicted octanol–water partition coefficient (Wildman–Crippen LogP) is 4.20. The zero-order valence-corrected chi connectivity index (χ0v) is 16.6. The van der Waals surface area contributed by atoms with Gasteiger partial charge in [0.05, 0.1) is 25.6 Å². The number of hydrogen-bond donors (Lipinski definition) is 1. The van der Waals surface area contributed by atoms with Gasteiger partial charge in [-0.25, -0.2) is 9.67 Å². The fourth-order valence-corrected chi connectivity index (χ4v) is 3.01. The van der Waals surface area contributed by atoms with Gasteiger partial charge in [0.1, 0.15) is 11.5 Å². The van der Waals surface area contributed by atoms with Crippen LogP contribution in [0.2, 0.25) is 0 Å². The topological polar surface area (TPSA) is 78.3 Å². The van der Waals surface area contributed by atoms with Crippen molar-refractivity contribution < 1.29 is 14.3 Å². The molecule has 3 aromatic carbocycles. The Morgan fingerprint density at radius 1 is 0.900 bits per heavy atom. The first-order chi connectivity index (χ1) is 14.7. The minimum Gasteiger partial charge on any atom is -0.497 e. The second-order valence-electron chi connectivity index (χ2n) is 6.39. The molecule has 0 fully saturated rings. The average molecular weight is 400 g/mol. The van der Waals surface area contributed by atoms with E-state index < -0.39 is 5.91 Å². The number of anilines is 1. The van der Waals surface area contributed by atoms with Gasteiger partial charge in [-0.2, -0.15) is 0 Å². The number of para-hydroxylation sites is 1. The molecule has 4 aromatic rings. The number of hydrogen-bond acceptors (Lipinski definition) is 5. The molecule has 30 heavy (non-hydrogen) atoms. The minimum absolute atomic E-state index is 0.0515. The van der Waals surface area contributed by atoms with E-state index in [1.54, 1.807) is 30.0 Å². The van der Waals surface area contributed by atoms with E-state index >= 15 is 0 Å². The van der Waals surface area contributed by atoms with Crippen molar-refractivity contribution in [2.75, 3.05) is 19.5 Å². The lowest BCUT2D eigenvalue weighted by atomic mass is 10.2. The van der Waals surface area contributed by atoms with Crippen LogP contribution in [0.1, 0.15) is 10.6 Å². The average Bonchev–Trinajstić information content (AvgIpc) is 3.26. The molecule has 0 unspecified atom stereocenters. The van der Waals surface area contributed by atoms with Gasteiger partial charge >= 0.3 is 0 Å². The van der Waals surface area contributed by atoms with Crippen molar-refractivity contribution in [1.29, 1.82) is 0 Å². The maximum absolute atomic E-state index is 12.9. The highest BCUT2D eigenvalue weighted by molar-refractivity contribution is 6.02. The normalized spacial score (nSPS) is 10.5. The van der Waals surface area contributed by atoms with E-state index in [0.29, 0.717) is 23.0 Å². The molecule has 0 radical (unpaired) electrons. The summed E-state index contributed by atoms with van der Waals surface area (Å²) in [6.07, 6.45) is 0. The molecule has 0 bridgehead atoms. The van der Waals surface area contributed by atoms with Crippen LogP contribution in [0.15, 0.2) is 78.9 Å². The lowest BCUT2D eigenvalue weighted by molar-refractivity contribution is 0.101. The van der Waals surface area contributed by atoms with Gasteiger partial charge in [0.15, 0.2) is 5.82 Å². The maximum Gasteiger partial charge on any atom is 0.295 e.